The average molecular weight is 673 g/mol. The Morgan fingerprint density at radius 1 is 0.714 bits per heavy atom. The van der Waals surface area contributed by atoms with E-state index in [1.807, 2.05) is 108 Å². The van der Waals surface area contributed by atoms with Gasteiger partial charge < -0.3 is 29.6 Å². The van der Waals surface area contributed by atoms with Crippen LogP contribution in [0.1, 0.15) is 70.6 Å². The van der Waals surface area contributed by atoms with Crippen LogP contribution < -0.4 is 10.6 Å². The number of ether oxygens (including phenoxy) is 4. The maximum atomic E-state index is 13.7. The van der Waals surface area contributed by atoms with Gasteiger partial charge in [-0.2, -0.15) is 0 Å². The summed E-state index contributed by atoms with van der Waals surface area (Å²) in [6.45, 7) is 10.6. The number of hydrogen-bond acceptors (Lipinski definition) is 8. The Labute approximate surface area is 288 Å². The van der Waals surface area contributed by atoms with E-state index in [9.17, 15) is 19.2 Å². The first kappa shape index (κ1) is 37.3. The van der Waals surface area contributed by atoms with Crippen molar-refractivity contribution in [3.05, 3.63) is 95.6 Å². The molecule has 0 saturated heterocycles. The topological polar surface area (TPSA) is 129 Å². The van der Waals surface area contributed by atoms with Crippen LogP contribution in [0.5, 0.6) is 0 Å². The van der Waals surface area contributed by atoms with Gasteiger partial charge in [0.1, 0.15) is 25.8 Å². The lowest BCUT2D eigenvalue weighted by molar-refractivity contribution is -0.146. The third-order valence-electron chi connectivity index (χ3n) is 7.89. The van der Waals surface area contributed by atoms with Crippen LogP contribution in [0.3, 0.4) is 0 Å². The number of carbonyl (C=O) groups is 4. The first-order valence-electron chi connectivity index (χ1n) is 16.6. The first-order chi connectivity index (χ1) is 23.2. The molecule has 0 heterocycles. The number of alkyl carbamates (subject to hydrolysis) is 1. The summed E-state index contributed by atoms with van der Waals surface area (Å²) in [5.74, 6) is -2.71. The molecule has 2 N–H and O–H groups in total. The number of Topliss-reactive ketones (excluding diaryl/α,β-unsaturated/α-hetero) is 1. The molecule has 0 bridgehead atoms. The first-order valence-corrected chi connectivity index (χ1v) is 16.6. The normalized spacial score (nSPS) is 13.8. The van der Waals surface area contributed by atoms with Gasteiger partial charge in [0.05, 0.1) is 30.3 Å². The molecule has 0 aliphatic heterocycles. The summed E-state index contributed by atoms with van der Waals surface area (Å²) >= 11 is 0. The fourth-order valence-electron chi connectivity index (χ4n) is 5.39. The van der Waals surface area contributed by atoms with Crippen molar-refractivity contribution in [3.8, 4) is 11.1 Å². The molecule has 262 valence electrons. The minimum absolute atomic E-state index is 0.0710. The molecule has 0 aromatic heterocycles. The number of fused-ring (bicyclic) bond motifs is 3. The molecule has 10 nitrogen and oxygen atoms in total. The molecule has 10 heteroatoms. The molecule has 0 unspecified atom stereocenters. The van der Waals surface area contributed by atoms with Gasteiger partial charge in [0, 0.05) is 12.3 Å². The van der Waals surface area contributed by atoms with E-state index in [4.69, 9.17) is 18.9 Å². The van der Waals surface area contributed by atoms with E-state index >= 15 is 0 Å². The fourth-order valence-corrected chi connectivity index (χ4v) is 5.39. The highest BCUT2D eigenvalue weighted by Gasteiger charge is 2.33. The Morgan fingerprint density at radius 2 is 1.27 bits per heavy atom. The highest BCUT2D eigenvalue weighted by atomic mass is 16.6. The molecular formula is C39H48N2O8. The largest absolute Gasteiger partial charge is 0.460 e. The number of amides is 2. The molecule has 1 aliphatic carbocycles. The van der Waals surface area contributed by atoms with Crippen LogP contribution in [-0.2, 0) is 39.9 Å². The molecule has 49 heavy (non-hydrogen) atoms. The van der Waals surface area contributed by atoms with Crippen molar-refractivity contribution >= 4 is 23.8 Å². The second-order valence-corrected chi connectivity index (χ2v) is 14.1. The van der Waals surface area contributed by atoms with Crippen LogP contribution in [-0.4, -0.2) is 67.4 Å². The van der Waals surface area contributed by atoms with Gasteiger partial charge in [0.2, 0.25) is 5.91 Å². The van der Waals surface area contributed by atoms with Crippen LogP contribution in [0.2, 0.25) is 0 Å². The molecule has 3 aromatic carbocycles. The lowest BCUT2D eigenvalue weighted by Crippen LogP contribution is -2.48. The summed E-state index contributed by atoms with van der Waals surface area (Å²) in [5, 5.41) is 5.25. The summed E-state index contributed by atoms with van der Waals surface area (Å²) in [7, 11) is 0. The quantitative estimate of drug-likeness (QED) is 0.189. The lowest BCUT2D eigenvalue weighted by atomic mass is 9.97. The van der Waals surface area contributed by atoms with Crippen molar-refractivity contribution in [2.75, 3.05) is 26.4 Å². The maximum absolute atomic E-state index is 13.7. The zero-order valence-electron chi connectivity index (χ0n) is 29.2. The summed E-state index contributed by atoms with van der Waals surface area (Å²) in [6.07, 6.45) is -1.05. The van der Waals surface area contributed by atoms with Crippen molar-refractivity contribution in [1.82, 2.24) is 10.6 Å². The SMILES string of the molecule is CC(C)(C)OC[C@H](CC(=O)[C@H](COC(C)(C)C)NC(=O)OCC1c2ccccc2-c2ccccc21)C(=O)NCC(=O)OCc1ccccc1. The minimum Gasteiger partial charge on any atom is -0.460 e. The molecule has 3 aromatic rings. The monoisotopic (exact) mass is 672 g/mol. The molecule has 0 fully saturated rings. The van der Waals surface area contributed by atoms with Crippen LogP contribution in [0.25, 0.3) is 11.1 Å². The average Bonchev–Trinajstić information content (AvgIpc) is 3.38. The van der Waals surface area contributed by atoms with Crippen LogP contribution in [0.4, 0.5) is 4.79 Å². The Balaban J connectivity index is 1.40. The van der Waals surface area contributed by atoms with Gasteiger partial charge in [-0.05, 0) is 69.4 Å². The van der Waals surface area contributed by atoms with E-state index < -0.39 is 46.9 Å². The van der Waals surface area contributed by atoms with E-state index in [0.29, 0.717) is 0 Å². The fraction of sp³-hybridized carbons (Fsp3) is 0.436. The van der Waals surface area contributed by atoms with E-state index in [0.717, 1.165) is 27.8 Å². The molecular weight excluding hydrogens is 624 g/mol. The maximum Gasteiger partial charge on any atom is 0.407 e. The molecule has 0 spiro atoms. The second kappa shape index (κ2) is 16.7. The highest BCUT2D eigenvalue weighted by molar-refractivity contribution is 5.92. The lowest BCUT2D eigenvalue weighted by Gasteiger charge is -2.27. The number of esters is 1. The van der Waals surface area contributed by atoms with Crippen LogP contribution >= 0.6 is 0 Å². The number of carbonyl (C=O) groups excluding carboxylic acids is 4. The molecule has 4 rings (SSSR count). The van der Waals surface area contributed by atoms with Crippen molar-refractivity contribution < 1.29 is 38.1 Å². The molecule has 2 atom stereocenters. The third kappa shape index (κ3) is 11.5. The smallest absolute Gasteiger partial charge is 0.407 e. The van der Waals surface area contributed by atoms with E-state index in [2.05, 4.69) is 22.8 Å². The van der Waals surface area contributed by atoms with E-state index in [1.165, 1.54) is 0 Å². The van der Waals surface area contributed by atoms with Gasteiger partial charge in [0.15, 0.2) is 5.78 Å². The predicted octanol–water partition coefficient (Wildman–Crippen LogP) is 5.96. The summed E-state index contributed by atoms with van der Waals surface area (Å²) in [4.78, 5) is 52.6. The van der Waals surface area contributed by atoms with Crippen molar-refractivity contribution in [2.45, 2.75) is 77.7 Å². The number of rotatable bonds is 15. The standard InChI is InChI=1S/C39H48N2O8/c1-38(2,3)48-23-27(36(44)40-21-35(43)46-22-26-14-8-7-9-15-26)20-34(42)33(25-49-39(4,5)6)41-37(45)47-24-32-30-18-12-10-16-28(30)29-17-11-13-19-31(29)32/h7-19,27,32-33H,20-25H2,1-6H3,(H,40,44)(H,41,45)/t27-,33-/m0/s1. The second-order valence-electron chi connectivity index (χ2n) is 14.1. The van der Waals surface area contributed by atoms with Gasteiger partial charge in [-0.1, -0.05) is 78.9 Å². The molecule has 0 saturated carbocycles. The van der Waals surface area contributed by atoms with Gasteiger partial charge in [-0.15, -0.1) is 0 Å². The van der Waals surface area contributed by atoms with Gasteiger partial charge >= 0.3 is 12.1 Å². The number of ketones is 1. The Bertz CT molecular complexity index is 1550. The Hall–Kier alpha value is -4.54. The number of benzene rings is 3. The molecule has 1 aliphatic rings. The zero-order valence-corrected chi connectivity index (χ0v) is 29.2. The third-order valence-corrected chi connectivity index (χ3v) is 7.89. The van der Waals surface area contributed by atoms with E-state index in [1.54, 1.807) is 0 Å². The van der Waals surface area contributed by atoms with Crippen molar-refractivity contribution in [1.29, 1.82) is 0 Å². The van der Waals surface area contributed by atoms with Gasteiger partial charge in [-0.25, -0.2) is 4.79 Å². The highest BCUT2D eigenvalue weighted by Crippen LogP contribution is 2.44. The Morgan fingerprint density at radius 3 is 1.86 bits per heavy atom. The van der Waals surface area contributed by atoms with E-state index in [-0.39, 0.29) is 45.3 Å². The summed E-state index contributed by atoms with van der Waals surface area (Å²) < 4.78 is 22.8. The Kier molecular flexibility index (Phi) is 12.7. The van der Waals surface area contributed by atoms with Crippen molar-refractivity contribution in [2.24, 2.45) is 5.92 Å². The van der Waals surface area contributed by atoms with Crippen LogP contribution in [0.15, 0.2) is 78.9 Å². The summed E-state index contributed by atoms with van der Waals surface area (Å²) in [5.41, 5.74) is 3.96. The predicted molar refractivity (Wildman–Crippen MR) is 186 cm³/mol. The number of hydrogen-bond donors (Lipinski definition) is 2. The van der Waals surface area contributed by atoms with Gasteiger partial charge in [0.25, 0.3) is 0 Å². The number of nitrogens with one attached hydrogen (secondary N) is 2. The molecule has 2 amide bonds. The molecule has 0 radical (unpaired) electrons. The van der Waals surface area contributed by atoms with Gasteiger partial charge in [-0.3, -0.25) is 14.4 Å². The van der Waals surface area contributed by atoms with Crippen LogP contribution in [0, 0.1) is 5.92 Å². The minimum atomic E-state index is -1.10. The summed E-state index contributed by atoms with van der Waals surface area (Å²) in [6, 6.07) is 24.1. The zero-order chi connectivity index (χ0) is 35.6. The van der Waals surface area contributed by atoms with Crippen molar-refractivity contribution in [3.63, 3.8) is 0 Å².